The third-order valence-electron chi connectivity index (χ3n) is 5.91. The number of H-pyrrole nitrogens is 1. The maximum absolute atomic E-state index is 12.4. The van der Waals surface area contributed by atoms with Crippen molar-refractivity contribution in [3.05, 3.63) is 36.8 Å². The molecule has 0 amide bonds. The zero-order valence-electron chi connectivity index (χ0n) is 18.6. The summed E-state index contributed by atoms with van der Waals surface area (Å²) in [6.07, 6.45) is 1.92. The van der Waals surface area contributed by atoms with Crippen molar-refractivity contribution in [1.29, 1.82) is 0 Å². The summed E-state index contributed by atoms with van der Waals surface area (Å²) in [7, 11) is 2.11. The standard InChI is InChI=1S/C23H24F3N7O/c1-33-8-4-15(5-9-33)34-20-13-28-18-3-2-14(10-19(18)31-20)16-11-29-21-17(16)12-30-22(32-21)27-7-6-23(24,25)26/h2-3,10-13,15H,4-9H2,1H3,(H2,27,29,30,32). The van der Waals surface area contributed by atoms with Gasteiger partial charge in [-0.25, -0.2) is 15.0 Å². The van der Waals surface area contributed by atoms with Gasteiger partial charge in [-0.1, -0.05) is 6.07 Å². The number of halogens is 3. The molecule has 0 spiro atoms. The van der Waals surface area contributed by atoms with E-state index in [1.165, 1.54) is 0 Å². The summed E-state index contributed by atoms with van der Waals surface area (Å²) in [5, 5.41) is 3.37. The Hall–Kier alpha value is -3.47. The fraction of sp³-hybridized carbons (Fsp3) is 0.391. The summed E-state index contributed by atoms with van der Waals surface area (Å²) in [5.74, 6) is 0.654. The summed E-state index contributed by atoms with van der Waals surface area (Å²) < 4.78 is 43.2. The van der Waals surface area contributed by atoms with E-state index in [2.05, 4.69) is 42.2 Å². The summed E-state index contributed by atoms with van der Waals surface area (Å²) in [5.41, 5.74) is 3.76. The van der Waals surface area contributed by atoms with Crippen LogP contribution in [-0.4, -0.2) is 68.8 Å². The number of ether oxygens (including phenoxy) is 1. The average Bonchev–Trinajstić information content (AvgIpc) is 3.23. The Bertz CT molecular complexity index is 1300. The lowest BCUT2D eigenvalue weighted by Gasteiger charge is -2.28. The van der Waals surface area contributed by atoms with Crippen LogP contribution in [0.1, 0.15) is 19.3 Å². The molecule has 0 bridgehead atoms. The summed E-state index contributed by atoms with van der Waals surface area (Å²) in [6.45, 7) is 1.71. The minimum Gasteiger partial charge on any atom is -0.473 e. The lowest BCUT2D eigenvalue weighted by Crippen LogP contribution is -2.35. The van der Waals surface area contributed by atoms with Gasteiger partial charge in [-0.2, -0.15) is 18.2 Å². The van der Waals surface area contributed by atoms with E-state index in [4.69, 9.17) is 4.74 Å². The lowest BCUT2D eigenvalue weighted by atomic mass is 10.1. The summed E-state index contributed by atoms with van der Waals surface area (Å²) in [6, 6.07) is 5.76. The molecule has 34 heavy (non-hydrogen) atoms. The van der Waals surface area contributed by atoms with Crippen molar-refractivity contribution in [2.45, 2.75) is 31.5 Å². The molecule has 1 saturated heterocycles. The fourth-order valence-corrected chi connectivity index (χ4v) is 4.04. The molecule has 5 rings (SSSR count). The average molecular weight is 471 g/mol. The van der Waals surface area contributed by atoms with E-state index in [-0.39, 0.29) is 18.6 Å². The van der Waals surface area contributed by atoms with Crippen LogP contribution in [0.3, 0.4) is 0 Å². The van der Waals surface area contributed by atoms with Gasteiger partial charge in [-0.05, 0) is 37.6 Å². The van der Waals surface area contributed by atoms with E-state index < -0.39 is 12.6 Å². The van der Waals surface area contributed by atoms with Crippen LogP contribution in [0.2, 0.25) is 0 Å². The zero-order chi connectivity index (χ0) is 23.7. The van der Waals surface area contributed by atoms with E-state index in [1.54, 1.807) is 18.6 Å². The zero-order valence-corrected chi connectivity index (χ0v) is 18.6. The molecule has 1 aliphatic heterocycles. The number of alkyl halides is 3. The summed E-state index contributed by atoms with van der Waals surface area (Å²) in [4.78, 5) is 23.0. The highest BCUT2D eigenvalue weighted by Crippen LogP contribution is 2.30. The van der Waals surface area contributed by atoms with Crippen LogP contribution in [0.5, 0.6) is 5.88 Å². The minimum absolute atomic E-state index is 0.135. The predicted molar refractivity (Wildman–Crippen MR) is 123 cm³/mol. The monoisotopic (exact) mass is 471 g/mol. The topological polar surface area (TPSA) is 91.8 Å². The number of hydrogen-bond acceptors (Lipinski definition) is 7. The molecule has 3 aromatic heterocycles. The number of benzene rings is 1. The second-order valence-corrected chi connectivity index (χ2v) is 8.48. The Labute approximate surface area is 193 Å². The summed E-state index contributed by atoms with van der Waals surface area (Å²) >= 11 is 0. The molecule has 0 unspecified atom stereocenters. The Morgan fingerprint density at radius 2 is 1.94 bits per heavy atom. The maximum atomic E-state index is 12.4. The molecular weight excluding hydrogens is 447 g/mol. The smallest absolute Gasteiger partial charge is 0.390 e. The molecule has 1 aromatic carbocycles. The van der Waals surface area contributed by atoms with Gasteiger partial charge in [0.25, 0.3) is 0 Å². The highest BCUT2D eigenvalue weighted by molar-refractivity contribution is 5.95. The predicted octanol–water partition coefficient (Wildman–Crippen LogP) is 4.41. The van der Waals surface area contributed by atoms with Gasteiger partial charge in [0, 0.05) is 43.0 Å². The number of aromatic amines is 1. The molecule has 1 fully saturated rings. The molecule has 0 saturated carbocycles. The first-order valence-corrected chi connectivity index (χ1v) is 11.1. The van der Waals surface area contributed by atoms with E-state index in [1.807, 2.05) is 18.2 Å². The maximum Gasteiger partial charge on any atom is 0.390 e. The Balaban J connectivity index is 1.36. The molecule has 4 aromatic rings. The van der Waals surface area contributed by atoms with Gasteiger partial charge in [0.2, 0.25) is 11.8 Å². The van der Waals surface area contributed by atoms with Crippen LogP contribution in [0.25, 0.3) is 33.2 Å². The first kappa shape index (κ1) is 22.3. The molecule has 11 heteroatoms. The second kappa shape index (κ2) is 9.05. The van der Waals surface area contributed by atoms with Crippen molar-refractivity contribution < 1.29 is 17.9 Å². The van der Waals surface area contributed by atoms with Crippen LogP contribution < -0.4 is 10.1 Å². The number of aromatic nitrogens is 5. The number of fused-ring (bicyclic) bond motifs is 2. The largest absolute Gasteiger partial charge is 0.473 e. The van der Waals surface area contributed by atoms with Crippen LogP contribution in [0.4, 0.5) is 19.1 Å². The second-order valence-electron chi connectivity index (χ2n) is 8.48. The normalized spacial score (nSPS) is 15.8. The van der Waals surface area contributed by atoms with Crippen LogP contribution in [0, 0.1) is 0 Å². The van der Waals surface area contributed by atoms with Crippen molar-refractivity contribution in [3.63, 3.8) is 0 Å². The Morgan fingerprint density at radius 3 is 2.74 bits per heavy atom. The van der Waals surface area contributed by atoms with Gasteiger partial charge in [0.1, 0.15) is 11.8 Å². The number of hydrogen-bond donors (Lipinski definition) is 2. The Morgan fingerprint density at radius 1 is 1.12 bits per heavy atom. The van der Waals surface area contributed by atoms with Gasteiger partial charge >= 0.3 is 6.18 Å². The molecule has 1 aliphatic rings. The molecule has 178 valence electrons. The third kappa shape index (κ3) is 5.04. The van der Waals surface area contributed by atoms with Crippen molar-refractivity contribution in [1.82, 2.24) is 29.8 Å². The number of nitrogens with zero attached hydrogens (tertiary/aromatic N) is 5. The molecule has 0 aliphatic carbocycles. The third-order valence-corrected chi connectivity index (χ3v) is 5.91. The van der Waals surface area contributed by atoms with Crippen molar-refractivity contribution >= 4 is 28.0 Å². The lowest BCUT2D eigenvalue weighted by molar-refractivity contribution is -0.131. The van der Waals surface area contributed by atoms with Crippen LogP contribution in [-0.2, 0) is 0 Å². The van der Waals surface area contributed by atoms with E-state index >= 15 is 0 Å². The molecule has 0 radical (unpaired) electrons. The van der Waals surface area contributed by atoms with E-state index in [9.17, 15) is 13.2 Å². The molecule has 0 atom stereocenters. The van der Waals surface area contributed by atoms with Crippen LogP contribution in [0.15, 0.2) is 36.8 Å². The number of anilines is 1. The van der Waals surface area contributed by atoms with E-state index in [0.29, 0.717) is 17.0 Å². The van der Waals surface area contributed by atoms with E-state index in [0.717, 1.165) is 48.0 Å². The van der Waals surface area contributed by atoms with Gasteiger partial charge in [-0.3, -0.25) is 0 Å². The van der Waals surface area contributed by atoms with Gasteiger partial charge in [0.15, 0.2) is 0 Å². The molecule has 8 nitrogen and oxygen atoms in total. The fourth-order valence-electron chi connectivity index (χ4n) is 4.04. The van der Waals surface area contributed by atoms with Gasteiger partial charge in [-0.15, -0.1) is 0 Å². The number of rotatable bonds is 6. The number of likely N-dealkylation sites (tertiary alicyclic amines) is 1. The Kier molecular flexibility index (Phi) is 5.94. The molecule has 2 N–H and O–H groups in total. The number of nitrogens with one attached hydrogen (secondary N) is 2. The molecule has 4 heterocycles. The highest BCUT2D eigenvalue weighted by Gasteiger charge is 2.26. The first-order valence-electron chi connectivity index (χ1n) is 11.1. The van der Waals surface area contributed by atoms with Gasteiger partial charge < -0.3 is 19.9 Å². The van der Waals surface area contributed by atoms with Crippen molar-refractivity contribution in [3.8, 4) is 17.0 Å². The SMILES string of the molecule is CN1CCC(Oc2cnc3ccc(-c4c[nH]c5nc(NCCC(F)(F)F)ncc45)cc3n2)CC1. The van der Waals surface area contributed by atoms with Crippen LogP contribution >= 0.6 is 0 Å². The minimum atomic E-state index is -4.23. The van der Waals surface area contributed by atoms with Crippen molar-refractivity contribution in [2.75, 3.05) is 32.0 Å². The van der Waals surface area contributed by atoms with Crippen molar-refractivity contribution in [2.24, 2.45) is 0 Å². The molecular formula is C23H24F3N7O. The number of piperidine rings is 1. The highest BCUT2D eigenvalue weighted by atomic mass is 19.4. The first-order chi connectivity index (χ1) is 16.3. The van der Waals surface area contributed by atoms with Gasteiger partial charge in [0.05, 0.1) is 23.7 Å². The quantitative estimate of drug-likeness (QED) is 0.431.